The molecule has 7 heavy (non-hydrogen) atoms. The molecular weight excluding hydrogens is 176 g/mol. The van der Waals surface area contributed by atoms with Crippen LogP contribution in [0.4, 0.5) is 0 Å². The van der Waals surface area contributed by atoms with Crippen LogP contribution in [0.3, 0.4) is 0 Å². The molecule has 0 fully saturated rings. The monoisotopic (exact) mass is 176 g/mol. The fourth-order valence-electron chi connectivity index (χ4n) is 0. The first kappa shape index (κ1) is 96.8. The summed E-state index contributed by atoms with van der Waals surface area (Å²) in [7, 11) is 0. The molecule has 0 bridgehead atoms. The van der Waals surface area contributed by atoms with E-state index in [1.165, 1.54) is 0 Å². The SMILES string of the molecule is Cl.Cl.[Mg+2].[Mg+2].[Mg+2].[O-2].[O-2]. The van der Waals surface area contributed by atoms with Crippen molar-refractivity contribution in [2.24, 2.45) is 0 Å². The molecule has 0 aliphatic heterocycles. The molecule has 0 heterocycles. The summed E-state index contributed by atoms with van der Waals surface area (Å²) in [5, 5.41) is 0. The normalized spacial score (nSPS) is 0. The van der Waals surface area contributed by atoms with Crippen LogP contribution in [0.1, 0.15) is 0 Å². The summed E-state index contributed by atoms with van der Waals surface area (Å²) in [5.74, 6) is 0. The minimum atomic E-state index is 0. The maximum absolute atomic E-state index is 0. The maximum atomic E-state index is 0. The molecule has 0 saturated heterocycles. The summed E-state index contributed by atoms with van der Waals surface area (Å²) in [6.07, 6.45) is 0. The van der Waals surface area contributed by atoms with Gasteiger partial charge in [0.2, 0.25) is 0 Å². The molecule has 0 amide bonds. The van der Waals surface area contributed by atoms with E-state index in [2.05, 4.69) is 0 Å². The molecule has 0 N–H and O–H groups in total. The smallest absolute Gasteiger partial charge is 2.00 e. The van der Waals surface area contributed by atoms with Crippen molar-refractivity contribution in [1.82, 2.24) is 0 Å². The summed E-state index contributed by atoms with van der Waals surface area (Å²) in [6, 6.07) is 0. The summed E-state index contributed by atoms with van der Waals surface area (Å²) >= 11 is 0. The number of rotatable bonds is 0. The molecule has 0 aliphatic rings. The Balaban J connectivity index is 0. The van der Waals surface area contributed by atoms with Crippen molar-refractivity contribution in [2.45, 2.75) is 0 Å². The van der Waals surface area contributed by atoms with Crippen LogP contribution in [0.25, 0.3) is 0 Å². The zero-order valence-electron chi connectivity index (χ0n) is 3.75. The van der Waals surface area contributed by atoms with E-state index in [9.17, 15) is 0 Å². The molecule has 0 saturated carbocycles. The standard InChI is InChI=1S/2ClH.3Mg.2O/h2*1H;;;;;/q;;3*+2;2*-2. The molecule has 0 aromatic carbocycles. The van der Waals surface area contributed by atoms with E-state index >= 15 is 0 Å². The Labute approximate surface area is 103 Å². The fourth-order valence-corrected chi connectivity index (χ4v) is 0. The van der Waals surface area contributed by atoms with Crippen molar-refractivity contribution in [3.05, 3.63) is 0 Å². The van der Waals surface area contributed by atoms with Crippen molar-refractivity contribution >= 4 is 94.0 Å². The Morgan fingerprint density at radius 2 is 0.429 bits per heavy atom. The number of hydrogen-bond acceptors (Lipinski definition) is 0. The molecular formula is H2Cl2Mg3O2+2. The first-order valence-electron chi connectivity index (χ1n) is 0. The van der Waals surface area contributed by atoms with Gasteiger partial charge in [-0.3, -0.25) is 0 Å². The van der Waals surface area contributed by atoms with Crippen LogP contribution in [0.15, 0.2) is 0 Å². The van der Waals surface area contributed by atoms with Crippen LogP contribution in [-0.4, -0.2) is 69.2 Å². The van der Waals surface area contributed by atoms with Gasteiger partial charge in [0.1, 0.15) is 0 Å². The van der Waals surface area contributed by atoms with Crippen LogP contribution >= 0.6 is 24.8 Å². The molecule has 2 nitrogen and oxygen atoms in total. The third kappa shape index (κ3) is 51.9. The quantitative estimate of drug-likeness (QED) is 0.447. The molecule has 0 radical (unpaired) electrons. The van der Waals surface area contributed by atoms with Gasteiger partial charge in [-0.25, -0.2) is 0 Å². The van der Waals surface area contributed by atoms with Gasteiger partial charge in [0.25, 0.3) is 0 Å². The van der Waals surface area contributed by atoms with Crippen LogP contribution in [0.5, 0.6) is 0 Å². The third-order valence-electron chi connectivity index (χ3n) is 0. The van der Waals surface area contributed by atoms with Gasteiger partial charge in [0.15, 0.2) is 0 Å². The molecule has 7 heteroatoms. The predicted molar refractivity (Wildman–Crippen MR) is 33.1 cm³/mol. The second-order valence-electron chi connectivity index (χ2n) is 0. The van der Waals surface area contributed by atoms with E-state index in [4.69, 9.17) is 0 Å². The fraction of sp³-hybridized carbons (Fsp3) is 0. The van der Waals surface area contributed by atoms with Gasteiger partial charge < -0.3 is 11.0 Å². The van der Waals surface area contributed by atoms with Crippen molar-refractivity contribution in [2.75, 3.05) is 0 Å². The Bertz CT molecular complexity index is 10.9. The van der Waals surface area contributed by atoms with E-state index < -0.39 is 0 Å². The second-order valence-corrected chi connectivity index (χ2v) is 0. The summed E-state index contributed by atoms with van der Waals surface area (Å²) in [5.41, 5.74) is 0. The van der Waals surface area contributed by atoms with E-state index in [0.29, 0.717) is 0 Å². The van der Waals surface area contributed by atoms with E-state index in [-0.39, 0.29) is 105 Å². The van der Waals surface area contributed by atoms with Crippen LogP contribution in [0, 0.1) is 0 Å². The van der Waals surface area contributed by atoms with Gasteiger partial charge in [-0.1, -0.05) is 0 Å². The molecule has 0 rings (SSSR count). The third-order valence-corrected chi connectivity index (χ3v) is 0. The zero-order valence-corrected chi connectivity index (χ0v) is 9.63. The van der Waals surface area contributed by atoms with Gasteiger partial charge in [0.05, 0.1) is 0 Å². The molecule has 0 aromatic rings. The van der Waals surface area contributed by atoms with Crippen molar-refractivity contribution in [1.29, 1.82) is 0 Å². The first-order chi connectivity index (χ1) is 0. The van der Waals surface area contributed by atoms with Crippen LogP contribution < -0.4 is 0 Å². The summed E-state index contributed by atoms with van der Waals surface area (Å²) < 4.78 is 0. The van der Waals surface area contributed by atoms with Gasteiger partial charge in [-0.05, 0) is 0 Å². The number of halogens is 2. The Morgan fingerprint density at radius 3 is 0.429 bits per heavy atom. The molecule has 0 aromatic heterocycles. The first-order valence-corrected chi connectivity index (χ1v) is 0. The second kappa shape index (κ2) is 68.3. The van der Waals surface area contributed by atoms with Crippen molar-refractivity contribution in [3.8, 4) is 0 Å². The average molecular weight is 178 g/mol. The summed E-state index contributed by atoms with van der Waals surface area (Å²) in [4.78, 5) is 0. The van der Waals surface area contributed by atoms with Gasteiger partial charge in [0, 0.05) is 0 Å². The molecule has 0 aliphatic carbocycles. The zero-order chi connectivity index (χ0) is 0. The Morgan fingerprint density at radius 1 is 0.429 bits per heavy atom. The maximum Gasteiger partial charge on any atom is 2.00 e. The average Bonchev–Trinajstić information content (AvgIpc) is 0. The van der Waals surface area contributed by atoms with Gasteiger partial charge >= 0.3 is 69.2 Å². The van der Waals surface area contributed by atoms with Crippen LogP contribution in [0.2, 0.25) is 0 Å². The van der Waals surface area contributed by atoms with Crippen molar-refractivity contribution < 1.29 is 11.0 Å². The van der Waals surface area contributed by atoms with Gasteiger partial charge in [-0.15, -0.1) is 24.8 Å². The van der Waals surface area contributed by atoms with Crippen molar-refractivity contribution in [3.63, 3.8) is 0 Å². The predicted octanol–water partition coefficient (Wildman–Crippen LogP) is -0.536. The number of hydrogen-bond donors (Lipinski definition) is 0. The largest absolute Gasteiger partial charge is 2.00 e. The van der Waals surface area contributed by atoms with E-state index in [1.807, 2.05) is 0 Å². The van der Waals surface area contributed by atoms with Gasteiger partial charge in [-0.2, -0.15) is 0 Å². The topological polar surface area (TPSA) is 57.0 Å². The van der Waals surface area contributed by atoms with E-state index in [1.54, 1.807) is 0 Å². The summed E-state index contributed by atoms with van der Waals surface area (Å²) in [6.45, 7) is 0. The molecule has 0 atom stereocenters. The molecule has 32 valence electrons. The van der Waals surface area contributed by atoms with E-state index in [0.717, 1.165) is 0 Å². The Hall–Kier alpha value is 2.80. The molecule has 0 unspecified atom stereocenters. The van der Waals surface area contributed by atoms with Crippen LogP contribution in [-0.2, 0) is 11.0 Å². The minimum Gasteiger partial charge on any atom is -2.00 e. The minimum absolute atomic E-state index is 0. The molecule has 0 spiro atoms. The Kier molecular flexibility index (Phi) is 945.